The standard InChI is InChI=1S/C13H11ClN2O2/c1-18-11-5-3-2-4-10(11)16-13(17)9-6-7-15-12(14)8-9/h2-8H,1H3,(H,16,17). The molecule has 0 saturated carbocycles. The fourth-order valence-corrected chi connectivity index (χ4v) is 1.66. The minimum Gasteiger partial charge on any atom is -0.495 e. The zero-order chi connectivity index (χ0) is 13.0. The van der Waals surface area contributed by atoms with E-state index in [-0.39, 0.29) is 11.1 Å². The highest BCUT2D eigenvalue weighted by atomic mass is 35.5. The van der Waals surface area contributed by atoms with Gasteiger partial charge >= 0.3 is 0 Å². The average Bonchev–Trinajstić information content (AvgIpc) is 2.39. The van der Waals surface area contributed by atoms with Gasteiger partial charge in [0.1, 0.15) is 10.9 Å². The van der Waals surface area contributed by atoms with Crippen molar-refractivity contribution < 1.29 is 9.53 Å². The highest BCUT2D eigenvalue weighted by Crippen LogP contribution is 2.23. The highest BCUT2D eigenvalue weighted by molar-refractivity contribution is 6.29. The van der Waals surface area contributed by atoms with Gasteiger partial charge in [-0.25, -0.2) is 4.98 Å². The number of nitrogens with zero attached hydrogens (tertiary/aromatic N) is 1. The molecule has 5 heteroatoms. The largest absolute Gasteiger partial charge is 0.495 e. The van der Waals surface area contributed by atoms with Crippen LogP contribution in [0.2, 0.25) is 5.15 Å². The lowest BCUT2D eigenvalue weighted by molar-refractivity contribution is 0.102. The summed E-state index contributed by atoms with van der Waals surface area (Å²) < 4.78 is 5.15. The molecule has 4 nitrogen and oxygen atoms in total. The maximum atomic E-state index is 12.0. The number of carbonyl (C=O) groups excluding carboxylic acids is 1. The van der Waals surface area contributed by atoms with Gasteiger partial charge in [-0.3, -0.25) is 4.79 Å². The number of aromatic nitrogens is 1. The second kappa shape index (κ2) is 5.51. The summed E-state index contributed by atoms with van der Waals surface area (Å²) >= 11 is 5.73. The Hall–Kier alpha value is -2.07. The molecule has 1 heterocycles. The van der Waals surface area contributed by atoms with Crippen molar-refractivity contribution in [3.63, 3.8) is 0 Å². The van der Waals surface area contributed by atoms with E-state index in [1.54, 1.807) is 25.3 Å². The van der Waals surface area contributed by atoms with Crippen LogP contribution in [0.1, 0.15) is 10.4 Å². The average molecular weight is 263 g/mol. The summed E-state index contributed by atoms with van der Waals surface area (Å²) in [5.41, 5.74) is 1.05. The van der Waals surface area contributed by atoms with E-state index in [1.807, 2.05) is 12.1 Å². The number of pyridine rings is 1. The van der Waals surface area contributed by atoms with Crippen molar-refractivity contribution in [2.24, 2.45) is 0 Å². The van der Waals surface area contributed by atoms with Crippen molar-refractivity contribution in [1.29, 1.82) is 0 Å². The van der Waals surface area contributed by atoms with Crippen LogP contribution in [-0.2, 0) is 0 Å². The molecule has 1 aromatic heterocycles. The van der Waals surface area contributed by atoms with E-state index in [0.717, 1.165) is 0 Å². The molecule has 2 aromatic rings. The van der Waals surface area contributed by atoms with Gasteiger partial charge in [0.05, 0.1) is 12.8 Å². The third-order valence-electron chi connectivity index (χ3n) is 2.34. The number of halogens is 1. The van der Waals surface area contributed by atoms with Crippen LogP contribution in [0.5, 0.6) is 5.75 Å². The van der Waals surface area contributed by atoms with Crippen molar-refractivity contribution >= 4 is 23.2 Å². The summed E-state index contributed by atoms with van der Waals surface area (Å²) in [7, 11) is 1.55. The summed E-state index contributed by atoms with van der Waals surface area (Å²) in [5.74, 6) is 0.342. The normalized spacial score (nSPS) is 9.89. The second-order valence-corrected chi connectivity index (χ2v) is 3.91. The van der Waals surface area contributed by atoms with Gasteiger partial charge in [-0.15, -0.1) is 0 Å². The highest BCUT2D eigenvalue weighted by Gasteiger charge is 2.09. The van der Waals surface area contributed by atoms with Gasteiger partial charge < -0.3 is 10.1 Å². The van der Waals surface area contributed by atoms with Gasteiger partial charge in [0.2, 0.25) is 0 Å². The molecule has 0 atom stereocenters. The third kappa shape index (κ3) is 2.78. The number of hydrogen-bond acceptors (Lipinski definition) is 3. The number of para-hydroxylation sites is 2. The van der Waals surface area contributed by atoms with E-state index < -0.39 is 0 Å². The summed E-state index contributed by atoms with van der Waals surface area (Å²) in [5, 5.41) is 3.03. The van der Waals surface area contributed by atoms with Gasteiger partial charge in [-0.05, 0) is 24.3 Å². The Morgan fingerprint density at radius 3 is 2.83 bits per heavy atom. The first-order valence-corrected chi connectivity index (χ1v) is 5.64. The zero-order valence-corrected chi connectivity index (χ0v) is 10.4. The first kappa shape index (κ1) is 12.4. The van der Waals surface area contributed by atoms with E-state index in [0.29, 0.717) is 17.0 Å². The number of amides is 1. The van der Waals surface area contributed by atoms with Gasteiger partial charge in [0.15, 0.2) is 0 Å². The monoisotopic (exact) mass is 262 g/mol. The van der Waals surface area contributed by atoms with Gasteiger partial charge in [0.25, 0.3) is 5.91 Å². The van der Waals surface area contributed by atoms with Crippen LogP contribution in [0, 0.1) is 0 Å². The summed E-state index contributed by atoms with van der Waals surface area (Å²) in [4.78, 5) is 15.8. The van der Waals surface area contributed by atoms with Crippen LogP contribution >= 0.6 is 11.6 Å². The molecule has 0 aliphatic heterocycles. The predicted molar refractivity (Wildman–Crippen MR) is 70.2 cm³/mol. The lowest BCUT2D eigenvalue weighted by Gasteiger charge is -2.09. The Kier molecular flexibility index (Phi) is 3.79. The lowest BCUT2D eigenvalue weighted by Crippen LogP contribution is -2.12. The topological polar surface area (TPSA) is 51.2 Å². The Balaban J connectivity index is 2.21. The quantitative estimate of drug-likeness (QED) is 0.865. The Bertz CT molecular complexity index is 572. The number of methoxy groups -OCH3 is 1. The van der Waals surface area contributed by atoms with Crippen molar-refractivity contribution in [2.45, 2.75) is 0 Å². The minimum atomic E-state index is -0.260. The van der Waals surface area contributed by atoms with Gasteiger partial charge in [-0.1, -0.05) is 23.7 Å². The van der Waals surface area contributed by atoms with Crippen molar-refractivity contribution in [1.82, 2.24) is 4.98 Å². The number of rotatable bonds is 3. The van der Waals surface area contributed by atoms with E-state index in [4.69, 9.17) is 16.3 Å². The summed E-state index contributed by atoms with van der Waals surface area (Å²) in [6.07, 6.45) is 1.49. The molecule has 0 aliphatic rings. The van der Waals surface area contributed by atoms with Crippen LogP contribution in [0.4, 0.5) is 5.69 Å². The number of carbonyl (C=O) groups is 1. The van der Waals surface area contributed by atoms with Crippen LogP contribution in [0.15, 0.2) is 42.6 Å². The second-order valence-electron chi connectivity index (χ2n) is 3.52. The zero-order valence-electron chi connectivity index (χ0n) is 9.68. The minimum absolute atomic E-state index is 0.260. The number of ether oxygens (including phenoxy) is 1. The molecule has 1 aromatic carbocycles. The SMILES string of the molecule is COc1ccccc1NC(=O)c1ccnc(Cl)c1. The molecule has 0 fully saturated rings. The number of hydrogen-bond donors (Lipinski definition) is 1. The molecule has 0 unspecified atom stereocenters. The summed E-state index contributed by atoms with van der Waals surface area (Å²) in [6.45, 7) is 0. The van der Waals surface area contributed by atoms with E-state index in [2.05, 4.69) is 10.3 Å². The molecule has 0 radical (unpaired) electrons. The summed E-state index contributed by atoms with van der Waals surface area (Å²) in [6, 6.07) is 10.3. The van der Waals surface area contributed by atoms with Crippen LogP contribution < -0.4 is 10.1 Å². The van der Waals surface area contributed by atoms with E-state index in [1.165, 1.54) is 12.3 Å². The molecule has 18 heavy (non-hydrogen) atoms. The van der Waals surface area contributed by atoms with Crippen molar-refractivity contribution in [3.05, 3.63) is 53.3 Å². The maximum absolute atomic E-state index is 12.0. The number of benzene rings is 1. The Morgan fingerprint density at radius 1 is 1.33 bits per heavy atom. The van der Waals surface area contributed by atoms with Crippen molar-refractivity contribution in [2.75, 3.05) is 12.4 Å². The molecule has 0 bridgehead atoms. The van der Waals surface area contributed by atoms with E-state index >= 15 is 0 Å². The number of anilines is 1. The fraction of sp³-hybridized carbons (Fsp3) is 0.0769. The van der Waals surface area contributed by atoms with Gasteiger partial charge in [-0.2, -0.15) is 0 Å². The maximum Gasteiger partial charge on any atom is 0.255 e. The first-order valence-electron chi connectivity index (χ1n) is 5.26. The molecule has 0 saturated heterocycles. The number of nitrogens with one attached hydrogen (secondary N) is 1. The molecule has 1 N–H and O–H groups in total. The van der Waals surface area contributed by atoms with Crippen LogP contribution in [0.25, 0.3) is 0 Å². The van der Waals surface area contributed by atoms with Crippen LogP contribution in [0.3, 0.4) is 0 Å². The third-order valence-corrected chi connectivity index (χ3v) is 2.55. The molecule has 2 rings (SSSR count). The predicted octanol–water partition coefficient (Wildman–Crippen LogP) is 3.00. The lowest BCUT2D eigenvalue weighted by atomic mass is 10.2. The molecule has 0 spiro atoms. The first-order chi connectivity index (χ1) is 8.70. The Morgan fingerprint density at radius 2 is 2.11 bits per heavy atom. The molecular weight excluding hydrogens is 252 g/mol. The molecular formula is C13H11ClN2O2. The fourth-order valence-electron chi connectivity index (χ4n) is 1.49. The van der Waals surface area contributed by atoms with Crippen LogP contribution in [-0.4, -0.2) is 18.0 Å². The molecule has 0 aliphatic carbocycles. The Labute approximate surface area is 110 Å². The van der Waals surface area contributed by atoms with E-state index in [9.17, 15) is 4.79 Å². The van der Waals surface area contributed by atoms with Gasteiger partial charge in [0, 0.05) is 11.8 Å². The smallest absolute Gasteiger partial charge is 0.255 e. The van der Waals surface area contributed by atoms with Crippen molar-refractivity contribution in [3.8, 4) is 5.75 Å². The molecule has 1 amide bonds. The molecule has 92 valence electrons.